The summed E-state index contributed by atoms with van der Waals surface area (Å²) in [5, 5.41) is 24.9. The second-order valence-corrected chi connectivity index (χ2v) is 10.4. The number of halogens is 2. The largest absolute Gasteiger partial charge is 0.480 e. The Morgan fingerprint density at radius 2 is 1.89 bits per heavy atom. The molecule has 2 fully saturated rings. The number of carboxylic acid groups (broad SMARTS) is 2. The second kappa shape index (κ2) is 9.88. The summed E-state index contributed by atoms with van der Waals surface area (Å²) >= 11 is 13.0. The maximum atomic E-state index is 12.8. The van der Waals surface area contributed by atoms with Gasteiger partial charge in [-0.3, -0.25) is 9.59 Å². The van der Waals surface area contributed by atoms with E-state index in [0.717, 1.165) is 11.3 Å². The Morgan fingerprint density at radius 3 is 2.42 bits per heavy atom. The van der Waals surface area contributed by atoms with Crippen LogP contribution in [-0.2, 0) is 9.53 Å². The van der Waals surface area contributed by atoms with Gasteiger partial charge in [0, 0.05) is 25.9 Å². The van der Waals surface area contributed by atoms with Crippen molar-refractivity contribution in [2.75, 3.05) is 25.1 Å². The van der Waals surface area contributed by atoms with Crippen LogP contribution in [0.4, 0.5) is 5.13 Å². The number of thiazole rings is 1. The molecule has 2 aliphatic rings. The summed E-state index contributed by atoms with van der Waals surface area (Å²) < 4.78 is 5.57. The molecule has 36 heavy (non-hydrogen) atoms. The Kier molecular flexibility index (Phi) is 7.19. The SMILES string of the molecule is CO[C@H]1CN(c2nc(C(=O)NC3(C(=O)O)CC3)c(C(=O)O)s2)CC[C@H]1NC(=O)c1[nH]c(C)c(Cl)c1Cl. The third-order valence-electron chi connectivity index (χ3n) is 6.27. The van der Waals surface area contributed by atoms with Gasteiger partial charge in [0.1, 0.15) is 16.1 Å². The van der Waals surface area contributed by atoms with E-state index in [1.807, 2.05) is 0 Å². The number of rotatable bonds is 8. The van der Waals surface area contributed by atoms with E-state index in [0.29, 0.717) is 18.7 Å². The first-order chi connectivity index (χ1) is 17.0. The van der Waals surface area contributed by atoms with Gasteiger partial charge in [-0.05, 0) is 26.2 Å². The number of carbonyl (C=O) groups excluding carboxylic acids is 2. The lowest BCUT2D eigenvalue weighted by molar-refractivity contribution is -0.140. The molecule has 12 nitrogen and oxygen atoms in total. The number of anilines is 1. The molecular formula is C21H23Cl2N5O7S. The van der Waals surface area contributed by atoms with Crippen LogP contribution >= 0.6 is 34.5 Å². The van der Waals surface area contributed by atoms with Crippen LogP contribution in [0.25, 0.3) is 0 Å². The van der Waals surface area contributed by atoms with Crippen molar-refractivity contribution in [1.29, 1.82) is 0 Å². The van der Waals surface area contributed by atoms with Gasteiger partial charge in [0.2, 0.25) is 0 Å². The van der Waals surface area contributed by atoms with Crippen LogP contribution in [0.15, 0.2) is 0 Å². The number of hydrogen-bond donors (Lipinski definition) is 5. The zero-order valence-corrected chi connectivity index (χ0v) is 21.5. The summed E-state index contributed by atoms with van der Waals surface area (Å²) in [7, 11) is 1.49. The van der Waals surface area contributed by atoms with E-state index in [4.69, 9.17) is 27.9 Å². The molecule has 2 atom stereocenters. The van der Waals surface area contributed by atoms with Crippen molar-refractivity contribution in [3.05, 3.63) is 32.0 Å². The Bertz CT molecular complexity index is 1240. The van der Waals surface area contributed by atoms with Crippen molar-refractivity contribution in [1.82, 2.24) is 20.6 Å². The fourth-order valence-electron chi connectivity index (χ4n) is 4.00. The zero-order chi connectivity index (χ0) is 26.4. The number of piperidine rings is 1. The number of carbonyl (C=O) groups is 4. The molecule has 0 unspecified atom stereocenters. The van der Waals surface area contributed by atoms with E-state index in [1.54, 1.807) is 11.8 Å². The van der Waals surface area contributed by atoms with Gasteiger partial charge in [-0.2, -0.15) is 0 Å². The van der Waals surface area contributed by atoms with Crippen LogP contribution in [0.3, 0.4) is 0 Å². The molecule has 3 heterocycles. The Hall–Kier alpha value is -2.87. The number of aromatic amines is 1. The number of ether oxygens (including phenoxy) is 1. The van der Waals surface area contributed by atoms with Crippen LogP contribution in [0.2, 0.25) is 10.0 Å². The summed E-state index contributed by atoms with van der Waals surface area (Å²) in [6, 6.07) is -0.385. The van der Waals surface area contributed by atoms with Crippen molar-refractivity contribution < 1.29 is 34.1 Å². The van der Waals surface area contributed by atoms with Crippen molar-refractivity contribution in [3.8, 4) is 0 Å². The van der Waals surface area contributed by atoms with Gasteiger partial charge in [0.05, 0.1) is 22.2 Å². The molecule has 1 aliphatic carbocycles. The van der Waals surface area contributed by atoms with Crippen LogP contribution in [0, 0.1) is 6.92 Å². The predicted octanol–water partition coefficient (Wildman–Crippen LogP) is 2.16. The minimum atomic E-state index is -1.38. The number of nitrogens with one attached hydrogen (secondary N) is 3. The summed E-state index contributed by atoms with van der Waals surface area (Å²) in [6.07, 6.45) is 0.480. The zero-order valence-electron chi connectivity index (χ0n) is 19.2. The molecule has 4 rings (SSSR count). The van der Waals surface area contributed by atoms with E-state index in [2.05, 4.69) is 20.6 Å². The molecule has 5 N–H and O–H groups in total. The lowest BCUT2D eigenvalue weighted by Gasteiger charge is -2.37. The first kappa shape index (κ1) is 26.2. The minimum absolute atomic E-state index is 0.128. The Morgan fingerprint density at radius 1 is 1.19 bits per heavy atom. The highest BCUT2D eigenvalue weighted by Crippen LogP contribution is 2.37. The second-order valence-electron chi connectivity index (χ2n) is 8.66. The summed E-state index contributed by atoms with van der Waals surface area (Å²) in [6.45, 7) is 2.34. The Labute approximate surface area is 218 Å². The standard InChI is InChI=1S/C21H23Cl2N5O7S/c1-8-11(22)12(23)13(24-8)16(29)25-9-3-6-28(7-10(9)35-2)20-26-14(15(36-20)18(31)32)17(30)27-21(4-5-21)19(33)34/h9-10,24H,3-7H2,1-2H3,(H,25,29)(H,27,30)(H,31,32)(H,33,34)/t9-,10+/m1/s1. The van der Waals surface area contributed by atoms with Crippen LogP contribution < -0.4 is 15.5 Å². The predicted molar refractivity (Wildman–Crippen MR) is 131 cm³/mol. The van der Waals surface area contributed by atoms with Crippen LogP contribution in [0.1, 0.15) is 55.6 Å². The Balaban J connectivity index is 1.48. The van der Waals surface area contributed by atoms with Crippen molar-refractivity contribution in [2.24, 2.45) is 0 Å². The van der Waals surface area contributed by atoms with Gasteiger partial charge in [0.15, 0.2) is 10.8 Å². The molecule has 2 aromatic rings. The van der Waals surface area contributed by atoms with Gasteiger partial charge < -0.3 is 35.5 Å². The average Bonchev–Trinajstić information content (AvgIpc) is 3.40. The smallest absolute Gasteiger partial charge is 0.348 e. The molecule has 0 aromatic carbocycles. The molecule has 1 saturated carbocycles. The maximum Gasteiger partial charge on any atom is 0.348 e. The third kappa shape index (κ3) is 4.88. The van der Waals surface area contributed by atoms with Gasteiger partial charge in [-0.25, -0.2) is 14.6 Å². The summed E-state index contributed by atoms with van der Waals surface area (Å²) in [5.41, 5.74) is -1.00. The number of aromatic carboxylic acids is 1. The number of methoxy groups -OCH3 is 1. The lowest BCUT2D eigenvalue weighted by Crippen LogP contribution is -2.55. The number of carboxylic acids is 2. The number of hydrogen-bond acceptors (Lipinski definition) is 8. The molecule has 2 aromatic heterocycles. The molecule has 0 spiro atoms. The monoisotopic (exact) mass is 559 g/mol. The average molecular weight is 560 g/mol. The fraction of sp³-hybridized carbons (Fsp3) is 0.476. The van der Waals surface area contributed by atoms with Gasteiger partial charge in [-0.1, -0.05) is 34.5 Å². The molecule has 1 saturated heterocycles. The number of amides is 2. The van der Waals surface area contributed by atoms with E-state index >= 15 is 0 Å². The maximum absolute atomic E-state index is 12.8. The first-order valence-electron chi connectivity index (χ1n) is 10.9. The molecule has 1 aliphatic heterocycles. The normalized spacial score (nSPS) is 20.6. The van der Waals surface area contributed by atoms with Crippen molar-refractivity contribution in [2.45, 2.75) is 43.9 Å². The highest BCUT2D eigenvalue weighted by Gasteiger charge is 2.52. The minimum Gasteiger partial charge on any atom is -0.480 e. The van der Waals surface area contributed by atoms with Crippen LogP contribution in [-0.4, -0.2) is 81.8 Å². The van der Waals surface area contributed by atoms with E-state index in [-0.39, 0.29) is 56.9 Å². The van der Waals surface area contributed by atoms with E-state index in [1.165, 1.54) is 7.11 Å². The molecule has 15 heteroatoms. The quantitative estimate of drug-likeness (QED) is 0.324. The molecular weight excluding hydrogens is 537 g/mol. The van der Waals surface area contributed by atoms with Crippen molar-refractivity contribution >= 4 is 63.4 Å². The number of aromatic nitrogens is 2. The molecule has 0 bridgehead atoms. The van der Waals surface area contributed by atoms with Gasteiger partial charge in [-0.15, -0.1) is 0 Å². The van der Waals surface area contributed by atoms with Crippen molar-refractivity contribution in [3.63, 3.8) is 0 Å². The number of H-pyrrole nitrogens is 1. The number of nitrogens with zero attached hydrogens (tertiary/aromatic N) is 2. The number of aryl methyl sites for hydroxylation is 1. The van der Waals surface area contributed by atoms with Gasteiger partial charge in [0.25, 0.3) is 11.8 Å². The first-order valence-corrected chi connectivity index (χ1v) is 12.5. The fourth-order valence-corrected chi connectivity index (χ4v) is 5.35. The highest BCUT2D eigenvalue weighted by atomic mass is 35.5. The topological polar surface area (TPSA) is 174 Å². The molecule has 194 valence electrons. The molecule has 0 radical (unpaired) electrons. The van der Waals surface area contributed by atoms with E-state index in [9.17, 15) is 29.4 Å². The number of aliphatic carboxylic acids is 1. The highest BCUT2D eigenvalue weighted by molar-refractivity contribution is 7.17. The van der Waals surface area contributed by atoms with Gasteiger partial charge >= 0.3 is 11.9 Å². The lowest BCUT2D eigenvalue weighted by atomic mass is 10.0. The third-order valence-corrected chi connectivity index (χ3v) is 8.32. The molecule has 2 amide bonds. The van der Waals surface area contributed by atoms with Crippen LogP contribution in [0.5, 0.6) is 0 Å². The summed E-state index contributed by atoms with van der Waals surface area (Å²) in [4.78, 5) is 57.2. The van der Waals surface area contributed by atoms with E-state index < -0.39 is 35.4 Å². The summed E-state index contributed by atoms with van der Waals surface area (Å²) in [5.74, 6) is -3.80.